The standard InChI is InChI=1S/C8H11ClN2O2/c1-2-13-4-3-11-6-10-7(9)5-8(11)12/h5-6H,2-4H2,1H3. The van der Waals surface area contributed by atoms with Gasteiger partial charge in [-0.15, -0.1) is 0 Å². The Morgan fingerprint density at radius 1 is 1.69 bits per heavy atom. The van der Waals surface area contributed by atoms with E-state index in [0.717, 1.165) is 0 Å². The van der Waals surface area contributed by atoms with Gasteiger partial charge in [-0.1, -0.05) is 11.6 Å². The van der Waals surface area contributed by atoms with E-state index >= 15 is 0 Å². The van der Waals surface area contributed by atoms with Crippen LogP contribution in [0.1, 0.15) is 6.92 Å². The molecule has 1 rings (SSSR count). The molecule has 0 aliphatic rings. The first-order chi connectivity index (χ1) is 6.24. The average molecular weight is 203 g/mol. The molecule has 72 valence electrons. The molecule has 0 aromatic carbocycles. The monoisotopic (exact) mass is 202 g/mol. The first-order valence-corrected chi connectivity index (χ1v) is 4.41. The summed E-state index contributed by atoms with van der Waals surface area (Å²) in [7, 11) is 0. The van der Waals surface area contributed by atoms with Gasteiger partial charge in [-0.25, -0.2) is 4.98 Å². The summed E-state index contributed by atoms with van der Waals surface area (Å²) in [6.07, 6.45) is 1.42. The van der Waals surface area contributed by atoms with Gasteiger partial charge in [0.1, 0.15) is 5.15 Å². The zero-order valence-electron chi connectivity index (χ0n) is 7.36. The number of hydrogen-bond acceptors (Lipinski definition) is 3. The summed E-state index contributed by atoms with van der Waals surface area (Å²) in [4.78, 5) is 15.0. The molecule has 0 unspecified atom stereocenters. The van der Waals surface area contributed by atoms with Gasteiger partial charge in [-0.05, 0) is 6.92 Å². The lowest BCUT2D eigenvalue weighted by Crippen LogP contribution is -2.21. The fourth-order valence-electron chi connectivity index (χ4n) is 0.879. The lowest BCUT2D eigenvalue weighted by molar-refractivity contribution is 0.138. The van der Waals surface area contributed by atoms with Crippen molar-refractivity contribution in [2.24, 2.45) is 0 Å². The minimum Gasteiger partial charge on any atom is -0.380 e. The van der Waals surface area contributed by atoms with Crippen LogP contribution in [0.25, 0.3) is 0 Å². The summed E-state index contributed by atoms with van der Waals surface area (Å²) in [6, 6.07) is 1.29. The molecule has 1 aromatic rings. The van der Waals surface area contributed by atoms with Gasteiger partial charge in [0.25, 0.3) is 5.56 Å². The highest BCUT2D eigenvalue weighted by atomic mass is 35.5. The molecule has 0 amide bonds. The molecule has 4 nitrogen and oxygen atoms in total. The van der Waals surface area contributed by atoms with Gasteiger partial charge in [0.2, 0.25) is 0 Å². The van der Waals surface area contributed by atoms with Crippen LogP contribution in [0.4, 0.5) is 0 Å². The van der Waals surface area contributed by atoms with Crippen molar-refractivity contribution in [2.45, 2.75) is 13.5 Å². The fourth-order valence-corrected chi connectivity index (χ4v) is 1.02. The van der Waals surface area contributed by atoms with E-state index in [1.165, 1.54) is 17.0 Å². The molecule has 0 atom stereocenters. The number of rotatable bonds is 4. The molecule has 1 aromatic heterocycles. The van der Waals surface area contributed by atoms with Crippen LogP contribution in [0.15, 0.2) is 17.2 Å². The molecule has 0 fully saturated rings. The fraction of sp³-hybridized carbons (Fsp3) is 0.500. The zero-order valence-corrected chi connectivity index (χ0v) is 8.12. The van der Waals surface area contributed by atoms with Crippen LogP contribution < -0.4 is 5.56 Å². The summed E-state index contributed by atoms with van der Waals surface area (Å²) in [6.45, 7) is 3.58. The Morgan fingerprint density at radius 3 is 3.08 bits per heavy atom. The topological polar surface area (TPSA) is 44.1 Å². The molecule has 0 radical (unpaired) electrons. The number of ether oxygens (including phenoxy) is 1. The number of nitrogens with zero attached hydrogens (tertiary/aromatic N) is 2. The van der Waals surface area contributed by atoms with E-state index in [2.05, 4.69) is 4.98 Å². The van der Waals surface area contributed by atoms with E-state index in [1.807, 2.05) is 6.92 Å². The highest BCUT2D eigenvalue weighted by Gasteiger charge is 1.96. The Hall–Kier alpha value is -0.870. The van der Waals surface area contributed by atoms with E-state index in [1.54, 1.807) is 0 Å². The van der Waals surface area contributed by atoms with E-state index in [0.29, 0.717) is 19.8 Å². The van der Waals surface area contributed by atoms with Crippen LogP contribution in [0, 0.1) is 0 Å². The lowest BCUT2D eigenvalue weighted by Gasteiger charge is -2.03. The predicted molar refractivity (Wildman–Crippen MR) is 50.0 cm³/mol. The third-order valence-electron chi connectivity index (χ3n) is 1.53. The molecule has 13 heavy (non-hydrogen) atoms. The third kappa shape index (κ3) is 3.16. The van der Waals surface area contributed by atoms with Crippen molar-refractivity contribution in [1.29, 1.82) is 0 Å². The smallest absolute Gasteiger partial charge is 0.254 e. The van der Waals surface area contributed by atoms with E-state index < -0.39 is 0 Å². The maximum absolute atomic E-state index is 11.2. The summed E-state index contributed by atoms with van der Waals surface area (Å²) in [5.41, 5.74) is -0.153. The van der Waals surface area contributed by atoms with Gasteiger partial charge < -0.3 is 4.74 Å². The van der Waals surface area contributed by atoms with Crippen molar-refractivity contribution in [3.05, 3.63) is 27.9 Å². The summed E-state index contributed by atoms with van der Waals surface area (Å²) in [5.74, 6) is 0. The Kier molecular flexibility index (Phi) is 3.92. The van der Waals surface area contributed by atoms with Gasteiger partial charge >= 0.3 is 0 Å². The predicted octanol–water partition coefficient (Wildman–Crippen LogP) is 0.933. The Labute approximate surface area is 81.1 Å². The van der Waals surface area contributed by atoms with Crippen LogP contribution in [0.5, 0.6) is 0 Å². The molecule has 0 aliphatic heterocycles. The molecule has 0 saturated carbocycles. The molecule has 0 aliphatic carbocycles. The molecule has 0 N–H and O–H groups in total. The average Bonchev–Trinajstić information content (AvgIpc) is 2.09. The van der Waals surface area contributed by atoms with Gasteiger partial charge in [0.15, 0.2) is 0 Å². The largest absolute Gasteiger partial charge is 0.380 e. The zero-order chi connectivity index (χ0) is 9.68. The van der Waals surface area contributed by atoms with E-state index in [9.17, 15) is 4.79 Å². The minimum absolute atomic E-state index is 0.153. The summed E-state index contributed by atoms with van der Waals surface area (Å²) >= 11 is 5.52. The molecule has 0 bridgehead atoms. The number of halogens is 1. The van der Waals surface area contributed by atoms with Crippen molar-refractivity contribution in [3.8, 4) is 0 Å². The maximum Gasteiger partial charge on any atom is 0.254 e. The molecule has 0 saturated heterocycles. The van der Waals surface area contributed by atoms with Crippen molar-refractivity contribution >= 4 is 11.6 Å². The van der Waals surface area contributed by atoms with Crippen LogP contribution in [0.2, 0.25) is 5.15 Å². The normalized spacial score (nSPS) is 10.3. The van der Waals surface area contributed by atoms with Crippen molar-refractivity contribution in [1.82, 2.24) is 9.55 Å². The highest BCUT2D eigenvalue weighted by Crippen LogP contribution is 1.96. The van der Waals surface area contributed by atoms with Gasteiger partial charge in [0, 0.05) is 12.7 Å². The maximum atomic E-state index is 11.2. The molecule has 1 heterocycles. The third-order valence-corrected chi connectivity index (χ3v) is 1.73. The molecule has 5 heteroatoms. The first-order valence-electron chi connectivity index (χ1n) is 4.03. The number of aromatic nitrogens is 2. The number of hydrogen-bond donors (Lipinski definition) is 0. The van der Waals surface area contributed by atoms with Crippen LogP contribution in [-0.2, 0) is 11.3 Å². The van der Waals surface area contributed by atoms with Crippen molar-refractivity contribution in [3.63, 3.8) is 0 Å². The van der Waals surface area contributed by atoms with E-state index in [-0.39, 0.29) is 10.7 Å². The quantitative estimate of drug-likeness (QED) is 0.539. The highest BCUT2D eigenvalue weighted by molar-refractivity contribution is 6.29. The minimum atomic E-state index is -0.153. The Morgan fingerprint density at radius 2 is 2.46 bits per heavy atom. The van der Waals surface area contributed by atoms with Crippen molar-refractivity contribution < 1.29 is 4.74 Å². The van der Waals surface area contributed by atoms with Gasteiger partial charge in [-0.2, -0.15) is 0 Å². The Bertz CT molecular complexity index is 324. The first kappa shape index (κ1) is 10.2. The molecule has 0 spiro atoms. The second kappa shape index (κ2) is 4.99. The van der Waals surface area contributed by atoms with Crippen LogP contribution >= 0.6 is 11.6 Å². The Balaban J connectivity index is 2.62. The lowest BCUT2D eigenvalue weighted by atomic mass is 10.6. The summed E-state index contributed by atoms with van der Waals surface area (Å²) < 4.78 is 6.56. The SMILES string of the molecule is CCOCCn1cnc(Cl)cc1=O. The van der Waals surface area contributed by atoms with Gasteiger partial charge in [0.05, 0.1) is 19.5 Å². The van der Waals surface area contributed by atoms with Crippen LogP contribution in [-0.4, -0.2) is 22.8 Å². The van der Waals surface area contributed by atoms with Crippen molar-refractivity contribution in [2.75, 3.05) is 13.2 Å². The van der Waals surface area contributed by atoms with Crippen LogP contribution in [0.3, 0.4) is 0 Å². The van der Waals surface area contributed by atoms with Gasteiger partial charge in [-0.3, -0.25) is 9.36 Å². The second-order valence-electron chi connectivity index (χ2n) is 2.44. The van der Waals surface area contributed by atoms with E-state index in [4.69, 9.17) is 16.3 Å². The second-order valence-corrected chi connectivity index (χ2v) is 2.83. The summed E-state index contributed by atoms with van der Waals surface area (Å²) in [5, 5.41) is 0.220. The molecular weight excluding hydrogens is 192 g/mol. The molecular formula is C8H11ClN2O2.